The monoisotopic (exact) mass is 206 g/mol. The third kappa shape index (κ3) is 3.56. The van der Waals surface area contributed by atoms with E-state index in [1.165, 1.54) is 24.3 Å². The molecule has 1 aromatic carbocycles. The minimum absolute atomic E-state index is 0.0529. The molecule has 0 radical (unpaired) electrons. The summed E-state index contributed by atoms with van der Waals surface area (Å²) in [6.45, 7) is 3.14. The van der Waals surface area contributed by atoms with Crippen LogP contribution in [0.5, 0.6) is 5.75 Å². The number of carbonyl (C=O) groups excluding carboxylic acids is 1. The van der Waals surface area contributed by atoms with E-state index in [2.05, 4.69) is 0 Å². The van der Waals surface area contributed by atoms with E-state index in [4.69, 9.17) is 0 Å². The Hall–Kier alpha value is -1.61. The SMILES string of the molecule is CC(C)(O)/C=C/C(=O)c1ccccc1O. The summed E-state index contributed by atoms with van der Waals surface area (Å²) in [7, 11) is 0. The molecule has 80 valence electrons. The first-order valence-electron chi connectivity index (χ1n) is 4.64. The quantitative estimate of drug-likeness (QED) is 0.586. The lowest BCUT2D eigenvalue weighted by Crippen LogP contribution is -2.14. The van der Waals surface area contributed by atoms with E-state index in [1.54, 1.807) is 26.0 Å². The molecule has 0 aliphatic heterocycles. The fourth-order valence-corrected chi connectivity index (χ4v) is 1.05. The zero-order valence-electron chi connectivity index (χ0n) is 8.77. The summed E-state index contributed by atoms with van der Waals surface area (Å²) in [4.78, 5) is 11.6. The van der Waals surface area contributed by atoms with E-state index >= 15 is 0 Å². The van der Waals surface area contributed by atoms with Crippen LogP contribution in [0.3, 0.4) is 0 Å². The maximum Gasteiger partial charge on any atom is 0.189 e. The summed E-state index contributed by atoms with van der Waals surface area (Å²) < 4.78 is 0. The van der Waals surface area contributed by atoms with Crippen molar-refractivity contribution in [3.05, 3.63) is 42.0 Å². The second kappa shape index (κ2) is 4.28. The number of allylic oxidation sites excluding steroid dienone is 1. The number of para-hydroxylation sites is 1. The van der Waals surface area contributed by atoms with Gasteiger partial charge in [0.25, 0.3) is 0 Å². The van der Waals surface area contributed by atoms with Crippen molar-refractivity contribution in [1.82, 2.24) is 0 Å². The summed E-state index contributed by atoms with van der Waals surface area (Å²) in [6, 6.07) is 6.30. The topological polar surface area (TPSA) is 57.5 Å². The molecular formula is C12H14O3. The molecule has 0 aliphatic rings. The van der Waals surface area contributed by atoms with E-state index < -0.39 is 5.60 Å². The Balaban J connectivity index is 2.88. The minimum atomic E-state index is -1.03. The van der Waals surface area contributed by atoms with E-state index in [0.717, 1.165) is 0 Å². The van der Waals surface area contributed by atoms with Crippen LogP contribution in [0.15, 0.2) is 36.4 Å². The molecule has 3 heteroatoms. The van der Waals surface area contributed by atoms with Gasteiger partial charge in [0.15, 0.2) is 5.78 Å². The molecule has 0 saturated carbocycles. The largest absolute Gasteiger partial charge is 0.507 e. The van der Waals surface area contributed by atoms with Crippen LogP contribution in [0.1, 0.15) is 24.2 Å². The Morgan fingerprint density at radius 3 is 2.47 bits per heavy atom. The lowest BCUT2D eigenvalue weighted by molar-refractivity contribution is 0.103. The minimum Gasteiger partial charge on any atom is -0.507 e. The maximum atomic E-state index is 11.6. The molecule has 0 amide bonds. The van der Waals surface area contributed by atoms with E-state index in [9.17, 15) is 15.0 Å². The summed E-state index contributed by atoms with van der Waals surface area (Å²) in [5, 5.41) is 18.8. The number of phenols is 1. The highest BCUT2D eigenvalue weighted by Gasteiger charge is 2.10. The van der Waals surface area contributed by atoms with Crippen LogP contribution in [-0.2, 0) is 0 Å². The lowest BCUT2D eigenvalue weighted by Gasteiger charge is -2.09. The molecule has 15 heavy (non-hydrogen) atoms. The van der Waals surface area contributed by atoms with Gasteiger partial charge in [0.2, 0.25) is 0 Å². The van der Waals surface area contributed by atoms with Gasteiger partial charge in [-0.05, 0) is 38.1 Å². The molecular weight excluding hydrogens is 192 g/mol. The molecule has 0 atom stereocenters. The zero-order valence-corrected chi connectivity index (χ0v) is 8.77. The summed E-state index contributed by atoms with van der Waals surface area (Å²) >= 11 is 0. The number of phenolic OH excluding ortho intramolecular Hbond substituents is 1. The molecule has 1 rings (SSSR count). The number of aromatic hydroxyl groups is 1. The van der Waals surface area contributed by atoms with Gasteiger partial charge in [-0.1, -0.05) is 12.1 Å². The Kier molecular flexibility index (Phi) is 3.27. The number of benzene rings is 1. The Morgan fingerprint density at radius 1 is 1.33 bits per heavy atom. The molecule has 0 saturated heterocycles. The number of hydrogen-bond acceptors (Lipinski definition) is 3. The third-order valence-electron chi connectivity index (χ3n) is 1.81. The second-order valence-electron chi connectivity index (χ2n) is 3.87. The number of carbonyl (C=O) groups is 1. The fourth-order valence-electron chi connectivity index (χ4n) is 1.05. The van der Waals surface area contributed by atoms with Gasteiger partial charge in [0.1, 0.15) is 5.75 Å². The summed E-state index contributed by atoms with van der Waals surface area (Å²) in [6.07, 6.45) is 2.65. The summed E-state index contributed by atoms with van der Waals surface area (Å²) in [5.74, 6) is -0.377. The molecule has 0 aliphatic carbocycles. The van der Waals surface area contributed by atoms with Crippen molar-refractivity contribution >= 4 is 5.78 Å². The first kappa shape index (κ1) is 11.5. The van der Waals surface area contributed by atoms with E-state index in [0.29, 0.717) is 0 Å². The third-order valence-corrected chi connectivity index (χ3v) is 1.81. The second-order valence-corrected chi connectivity index (χ2v) is 3.87. The van der Waals surface area contributed by atoms with Crippen molar-refractivity contribution < 1.29 is 15.0 Å². The number of rotatable bonds is 3. The van der Waals surface area contributed by atoms with Crippen molar-refractivity contribution in [2.45, 2.75) is 19.4 Å². The lowest BCUT2D eigenvalue weighted by atomic mass is 10.1. The molecule has 0 spiro atoms. The molecule has 0 aromatic heterocycles. The van der Waals surface area contributed by atoms with E-state index in [1.807, 2.05) is 0 Å². The van der Waals surface area contributed by atoms with Crippen molar-refractivity contribution in [2.24, 2.45) is 0 Å². The van der Waals surface area contributed by atoms with Crippen LogP contribution < -0.4 is 0 Å². The number of ketones is 1. The first-order chi connectivity index (χ1) is 6.90. The van der Waals surface area contributed by atoms with Crippen LogP contribution in [0.2, 0.25) is 0 Å². The van der Waals surface area contributed by atoms with Crippen LogP contribution >= 0.6 is 0 Å². The Morgan fingerprint density at radius 2 is 1.93 bits per heavy atom. The molecule has 1 aromatic rings. The summed E-state index contributed by atoms with van der Waals surface area (Å²) in [5.41, 5.74) is -0.793. The highest BCUT2D eigenvalue weighted by Crippen LogP contribution is 2.17. The van der Waals surface area contributed by atoms with Crippen molar-refractivity contribution in [1.29, 1.82) is 0 Å². The van der Waals surface area contributed by atoms with Gasteiger partial charge in [0, 0.05) is 0 Å². The van der Waals surface area contributed by atoms with E-state index in [-0.39, 0.29) is 17.1 Å². The van der Waals surface area contributed by atoms with Gasteiger partial charge in [-0.15, -0.1) is 0 Å². The van der Waals surface area contributed by atoms with Crippen LogP contribution in [0.4, 0.5) is 0 Å². The average Bonchev–Trinajstić information content (AvgIpc) is 2.14. The highest BCUT2D eigenvalue weighted by atomic mass is 16.3. The van der Waals surface area contributed by atoms with Gasteiger partial charge in [-0.3, -0.25) is 4.79 Å². The van der Waals surface area contributed by atoms with Crippen LogP contribution in [0, 0.1) is 0 Å². The molecule has 0 bridgehead atoms. The molecule has 2 N–H and O–H groups in total. The predicted molar refractivity (Wildman–Crippen MR) is 57.9 cm³/mol. The first-order valence-corrected chi connectivity index (χ1v) is 4.64. The average molecular weight is 206 g/mol. The fraction of sp³-hybridized carbons (Fsp3) is 0.250. The Bertz CT molecular complexity index is 386. The molecule has 0 fully saturated rings. The normalized spacial score (nSPS) is 11.9. The van der Waals surface area contributed by atoms with Crippen molar-refractivity contribution in [3.63, 3.8) is 0 Å². The number of aliphatic hydroxyl groups is 1. The van der Waals surface area contributed by atoms with Gasteiger partial charge in [0.05, 0.1) is 11.2 Å². The molecule has 0 unspecified atom stereocenters. The number of hydrogen-bond donors (Lipinski definition) is 2. The van der Waals surface area contributed by atoms with Crippen LogP contribution in [-0.4, -0.2) is 21.6 Å². The molecule has 3 nitrogen and oxygen atoms in total. The van der Waals surface area contributed by atoms with Gasteiger partial charge in [-0.2, -0.15) is 0 Å². The Labute approximate surface area is 88.7 Å². The van der Waals surface area contributed by atoms with Gasteiger partial charge in [-0.25, -0.2) is 0 Å². The smallest absolute Gasteiger partial charge is 0.189 e. The standard InChI is InChI=1S/C12H14O3/c1-12(2,15)8-7-11(14)9-5-3-4-6-10(9)13/h3-8,13,15H,1-2H3/b8-7+. The predicted octanol–water partition coefficient (Wildman–Crippen LogP) is 1.90. The van der Waals surface area contributed by atoms with Crippen LogP contribution in [0.25, 0.3) is 0 Å². The molecule has 0 heterocycles. The van der Waals surface area contributed by atoms with Crippen molar-refractivity contribution in [3.8, 4) is 5.75 Å². The highest BCUT2D eigenvalue weighted by molar-refractivity contribution is 6.06. The maximum absolute atomic E-state index is 11.6. The van der Waals surface area contributed by atoms with Crippen molar-refractivity contribution in [2.75, 3.05) is 0 Å². The van der Waals surface area contributed by atoms with Gasteiger partial charge < -0.3 is 10.2 Å². The van der Waals surface area contributed by atoms with Gasteiger partial charge >= 0.3 is 0 Å². The zero-order chi connectivity index (χ0) is 11.5.